The van der Waals surface area contributed by atoms with E-state index in [-0.39, 0.29) is 11.8 Å². The van der Waals surface area contributed by atoms with Crippen LogP contribution in [0, 0.1) is 0 Å². The molecule has 0 spiro atoms. The zero-order valence-electron chi connectivity index (χ0n) is 29.8. The molecular formula is C45H41ClN2O5. The minimum absolute atomic E-state index is 0.0524. The van der Waals surface area contributed by atoms with E-state index in [4.69, 9.17) is 21.1 Å². The summed E-state index contributed by atoms with van der Waals surface area (Å²) in [6.45, 7) is 6.92. The second kappa shape index (κ2) is 16.5. The van der Waals surface area contributed by atoms with Crippen LogP contribution in [-0.2, 0) is 16.8 Å². The van der Waals surface area contributed by atoms with Crippen LogP contribution < -0.4 is 20.1 Å². The first-order chi connectivity index (χ1) is 25.5. The van der Waals surface area contributed by atoms with Crippen molar-refractivity contribution in [1.29, 1.82) is 0 Å². The molecule has 0 heterocycles. The number of nitrogens with one attached hydrogen (secondary N) is 2. The number of aliphatic carboxylic acids is 1. The summed E-state index contributed by atoms with van der Waals surface area (Å²) in [5.74, 6) is 1.34. The summed E-state index contributed by atoms with van der Waals surface area (Å²) >= 11 is 6.36. The Morgan fingerprint density at radius 2 is 1.40 bits per heavy atom. The summed E-state index contributed by atoms with van der Waals surface area (Å²) in [5.41, 5.74) is 5.47. The van der Waals surface area contributed by atoms with Crippen molar-refractivity contribution in [2.45, 2.75) is 45.2 Å². The maximum absolute atomic E-state index is 13.8. The van der Waals surface area contributed by atoms with Gasteiger partial charge in [-0.3, -0.25) is 9.59 Å². The first kappa shape index (κ1) is 36.7. The third kappa shape index (κ3) is 9.84. The standard InChI is InChI=1S/C45H41ClN2O5/c1-45(2,3)33-20-23-36(24-21-33)52-37-13-9-10-30(26-37)29-47-40-25-22-34(46)27-39(40)44(51)48-41(28-43(49)50)32-18-16-31(17-19-32)38-14-7-8-15-42(38)53-35-11-5-4-6-12-35/h4-27,41,47H,28-29H2,1-3H3,(H,48,51)(H,49,50). The van der Waals surface area contributed by atoms with Crippen LogP contribution in [0.15, 0.2) is 146 Å². The van der Waals surface area contributed by atoms with Crippen molar-refractivity contribution in [3.8, 4) is 34.1 Å². The van der Waals surface area contributed by atoms with Crippen molar-refractivity contribution in [3.63, 3.8) is 0 Å². The van der Waals surface area contributed by atoms with E-state index < -0.39 is 17.9 Å². The van der Waals surface area contributed by atoms with E-state index >= 15 is 0 Å². The van der Waals surface area contributed by atoms with E-state index in [2.05, 4.69) is 43.5 Å². The molecule has 53 heavy (non-hydrogen) atoms. The normalized spacial score (nSPS) is 11.7. The highest BCUT2D eigenvalue weighted by atomic mass is 35.5. The van der Waals surface area contributed by atoms with Crippen molar-refractivity contribution < 1.29 is 24.2 Å². The zero-order valence-corrected chi connectivity index (χ0v) is 30.6. The number of ether oxygens (including phenoxy) is 2. The molecule has 6 aromatic rings. The van der Waals surface area contributed by atoms with Crippen LogP contribution in [0.4, 0.5) is 5.69 Å². The van der Waals surface area contributed by atoms with Gasteiger partial charge in [-0.1, -0.05) is 117 Å². The Balaban J connectivity index is 1.16. The van der Waals surface area contributed by atoms with Gasteiger partial charge in [-0.2, -0.15) is 0 Å². The second-order valence-electron chi connectivity index (χ2n) is 13.7. The van der Waals surface area contributed by atoms with Gasteiger partial charge in [0.05, 0.1) is 18.0 Å². The molecule has 0 radical (unpaired) electrons. The highest BCUT2D eigenvalue weighted by Gasteiger charge is 2.22. The van der Waals surface area contributed by atoms with E-state index in [0.29, 0.717) is 39.9 Å². The Labute approximate surface area is 315 Å². The minimum Gasteiger partial charge on any atom is -0.481 e. The highest BCUT2D eigenvalue weighted by Crippen LogP contribution is 2.34. The first-order valence-electron chi connectivity index (χ1n) is 17.4. The summed E-state index contributed by atoms with van der Waals surface area (Å²) in [7, 11) is 0. The molecule has 0 bridgehead atoms. The molecule has 268 valence electrons. The number of carbonyl (C=O) groups excluding carboxylic acids is 1. The van der Waals surface area contributed by atoms with Gasteiger partial charge in [-0.15, -0.1) is 0 Å². The lowest BCUT2D eigenvalue weighted by molar-refractivity contribution is -0.137. The topological polar surface area (TPSA) is 96.9 Å². The zero-order chi connectivity index (χ0) is 37.4. The molecule has 8 heteroatoms. The number of hydrogen-bond acceptors (Lipinski definition) is 5. The van der Waals surface area contributed by atoms with Gasteiger partial charge in [-0.25, -0.2) is 0 Å². The van der Waals surface area contributed by atoms with Crippen molar-refractivity contribution >= 4 is 29.2 Å². The number of hydrogen-bond donors (Lipinski definition) is 3. The lowest BCUT2D eigenvalue weighted by Gasteiger charge is -2.20. The minimum atomic E-state index is -1.04. The number of rotatable bonds is 13. The molecule has 1 atom stereocenters. The summed E-state index contributed by atoms with van der Waals surface area (Å²) < 4.78 is 12.3. The maximum Gasteiger partial charge on any atom is 0.305 e. The van der Waals surface area contributed by atoms with E-state index in [9.17, 15) is 14.7 Å². The van der Waals surface area contributed by atoms with Crippen molar-refractivity contribution in [1.82, 2.24) is 5.32 Å². The first-order valence-corrected chi connectivity index (χ1v) is 17.8. The van der Waals surface area contributed by atoms with Crippen LogP contribution in [0.5, 0.6) is 23.0 Å². The molecule has 3 N–H and O–H groups in total. The maximum atomic E-state index is 13.8. The number of anilines is 1. The largest absolute Gasteiger partial charge is 0.481 e. The Morgan fingerprint density at radius 1 is 0.717 bits per heavy atom. The van der Waals surface area contributed by atoms with Gasteiger partial charge >= 0.3 is 5.97 Å². The van der Waals surface area contributed by atoms with Gasteiger partial charge in [0, 0.05) is 22.8 Å². The number of carboxylic acid groups (broad SMARTS) is 1. The molecule has 0 aromatic heterocycles. The summed E-state index contributed by atoms with van der Waals surface area (Å²) in [4.78, 5) is 25.8. The van der Waals surface area contributed by atoms with E-state index in [1.54, 1.807) is 18.2 Å². The number of para-hydroxylation sites is 2. The number of halogens is 1. The second-order valence-corrected chi connectivity index (χ2v) is 14.2. The SMILES string of the molecule is CC(C)(C)c1ccc(Oc2cccc(CNc3ccc(Cl)cc3C(=O)NC(CC(=O)O)c3ccc(-c4ccccc4Oc4ccccc4)cc3)c2)cc1. The van der Waals surface area contributed by atoms with Gasteiger partial charge in [0.1, 0.15) is 23.0 Å². The van der Waals surface area contributed by atoms with Crippen LogP contribution in [0.25, 0.3) is 11.1 Å². The predicted molar refractivity (Wildman–Crippen MR) is 211 cm³/mol. The van der Waals surface area contributed by atoms with Gasteiger partial charge in [-0.05, 0) is 88.3 Å². The van der Waals surface area contributed by atoms with E-state index in [0.717, 1.165) is 28.2 Å². The quantitative estimate of drug-likeness (QED) is 0.110. The van der Waals surface area contributed by atoms with Crippen LogP contribution in [0.1, 0.15) is 60.3 Å². The molecule has 0 aliphatic rings. The van der Waals surface area contributed by atoms with Gasteiger partial charge in [0.2, 0.25) is 0 Å². The van der Waals surface area contributed by atoms with Crippen LogP contribution in [0.3, 0.4) is 0 Å². The Hall–Kier alpha value is -6.05. The number of amides is 1. The van der Waals surface area contributed by atoms with Gasteiger partial charge in [0.25, 0.3) is 5.91 Å². The van der Waals surface area contributed by atoms with Crippen molar-refractivity contribution in [2.24, 2.45) is 0 Å². The Morgan fingerprint density at radius 3 is 2.11 bits per heavy atom. The Bertz CT molecular complexity index is 2180. The smallest absolute Gasteiger partial charge is 0.305 e. The highest BCUT2D eigenvalue weighted by molar-refractivity contribution is 6.31. The van der Waals surface area contributed by atoms with Crippen LogP contribution >= 0.6 is 11.6 Å². The average molecular weight is 725 g/mol. The number of carboxylic acids is 1. The summed E-state index contributed by atoms with van der Waals surface area (Å²) in [5, 5.41) is 16.5. The van der Waals surface area contributed by atoms with Crippen LogP contribution in [0.2, 0.25) is 5.02 Å². The summed E-state index contributed by atoms with van der Waals surface area (Å²) in [6.07, 6.45) is -0.312. The molecule has 1 unspecified atom stereocenters. The number of carbonyl (C=O) groups is 2. The molecule has 0 saturated carbocycles. The molecule has 0 fully saturated rings. The fraction of sp³-hybridized carbons (Fsp3) is 0.156. The third-order valence-corrected chi connectivity index (χ3v) is 8.96. The van der Waals surface area contributed by atoms with Crippen molar-refractivity contribution in [3.05, 3.63) is 173 Å². The average Bonchev–Trinajstić information content (AvgIpc) is 3.14. The molecular weight excluding hydrogens is 684 g/mol. The monoisotopic (exact) mass is 724 g/mol. The number of benzene rings is 6. The lowest BCUT2D eigenvalue weighted by atomic mass is 9.87. The molecule has 6 rings (SSSR count). The molecule has 1 amide bonds. The van der Waals surface area contributed by atoms with Crippen molar-refractivity contribution in [2.75, 3.05) is 5.32 Å². The fourth-order valence-electron chi connectivity index (χ4n) is 5.90. The van der Waals surface area contributed by atoms with Gasteiger partial charge < -0.3 is 25.2 Å². The van der Waals surface area contributed by atoms with Gasteiger partial charge in [0.15, 0.2) is 0 Å². The fourth-order valence-corrected chi connectivity index (χ4v) is 6.07. The third-order valence-electron chi connectivity index (χ3n) is 8.73. The predicted octanol–water partition coefficient (Wildman–Crippen LogP) is 11.4. The molecule has 7 nitrogen and oxygen atoms in total. The summed E-state index contributed by atoms with van der Waals surface area (Å²) in [6, 6.07) is 44.7. The van der Waals surface area contributed by atoms with Crippen LogP contribution in [-0.4, -0.2) is 17.0 Å². The molecule has 0 saturated heterocycles. The Kier molecular flexibility index (Phi) is 11.5. The lowest BCUT2D eigenvalue weighted by Crippen LogP contribution is -2.30. The van der Waals surface area contributed by atoms with E-state index in [1.165, 1.54) is 5.56 Å². The van der Waals surface area contributed by atoms with E-state index in [1.807, 2.05) is 115 Å². The molecule has 6 aromatic carbocycles. The molecule has 0 aliphatic heterocycles. The molecule has 0 aliphatic carbocycles.